The molecule has 0 aromatic heterocycles. The van der Waals surface area contributed by atoms with E-state index in [1.807, 2.05) is 0 Å². The molecule has 0 bridgehead atoms. The lowest BCUT2D eigenvalue weighted by Crippen LogP contribution is -1.95. The van der Waals surface area contributed by atoms with E-state index in [0.717, 1.165) is 11.6 Å². The third-order valence-electron chi connectivity index (χ3n) is 3.88. The van der Waals surface area contributed by atoms with E-state index in [1.54, 1.807) is 11.9 Å². The lowest BCUT2D eigenvalue weighted by atomic mass is 9.99. The third kappa shape index (κ3) is 5.47. The second-order valence-electron chi connectivity index (χ2n) is 5.77. The summed E-state index contributed by atoms with van der Waals surface area (Å²) in [6.45, 7) is 6.70. The number of hydrogen-bond acceptors (Lipinski definition) is 2. The Kier molecular flexibility index (Phi) is 6.19. The van der Waals surface area contributed by atoms with Crippen LogP contribution in [0.25, 0.3) is 0 Å². The zero-order chi connectivity index (χ0) is 15.1. The molecule has 0 radical (unpaired) electrons. The van der Waals surface area contributed by atoms with Gasteiger partial charge in [0.15, 0.2) is 0 Å². The Hall–Kier alpha value is -1.41. The third-order valence-corrected chi connectivity index (χ3v) is 4.73. The summed E-state index contributed by atoms with van der Waals surface area (Å²) in [6.07, 6.45) is 3.73. The average molecular weight is 299 g/mol. The minimum Gasteiger partial charge on any atom is -0.326 e. The van der Waals surface area contributed by atoms with Crippen LogP contribution in [-0.2, 0) is 6.42 Å². The lowest BCUT2D eigenvalue weighted by Gasteiger charge is -2.09. The van der Waals surface area contributed by atoms with Crippen LogP contribution in [0.1, 0.15) is 37.8 Å². The summed E-state index contributed by atoms with van der Waals surface area (Å²) in [5.74, 6) is 0.819. The van der Waals surface area contributed by atoms with Gasteiger partial charge in [-0.2, -0.15) is 0 Å². The van der Waals surface area contributed by atoms with Crippen molar-refractivity contribution in [1.29, 1.82) is 0 Å². The molecule has 0 aliphatic rings. The molecule has 0 amide bonds. The minimum atomic E-state index is 0.819. The fourth-order valence-electron chi connectivity index (χ4n) is 2.08. The van der Waals surface area contributed by atoms with Crippen molar-refractivity contribution in [3.8, 4) is 0 Å². The lowest BCUT2D eigenvalue weighted by molar-refractivity contribution is 0.516. The first-order chi connectivity index (χ1) is 10.2. The van der Waals surface area contributed by atoms with Crippen molar-refractivity contribution in [3.05, 3.63) is 59.7 Å². The van der Waals surface area contributed by atoms with E-state index in [2.05, 4.69) is 74.0 Å². The van der Waals surface area contributed by atoms with Gasteiger partial charge in [-0.25, -0.2) is 0 Å². The maximum atomic E-state index is 3.40. The molecule has 0 aliphatic heterocycles. The van der Waals surface area contributed by atoms with Crippen molar-refractivity contribution < 1.29 is 0 Å². The minimum absolute atomic E-state index is 0.819. The van der Waals surface area contributed by atoms with Crippen molar-refractivity contribution in [1.82, 2.24) is 0 Å². The molecule has 2 aromatic rings. The highest BCUT2D eigenvalue weighted by molar-refractivity contribution is 8.00. The first kappa shape index (κ1) is 16.0. The van der Waals surface area contributed by atoms with E-state index in [9.17, 15) is 0 Å². The first-order valence-corrected chi connectivity index (χ1v) is 8.57. The van der Waals surface area contributed by atoms with Gasteiger partial charge in [-0.05, 0) is 67.5 Å². The molecule has 1 nitrogen and oxygen atoms in total. The Morgan fingerprint density at radius 1 is 1.00 bits per heavy atom. The Bertz CT molecular complexity index is 530. The van der Waals surface area contributed by atoms with Gasteiger partial charge in [0.1, 0.15) is 0 Å². The fourth-order valence-corrected chi connectivity index (χ4v) is 2.72. The monoisotopic (exact) mass is 299 g/mol. The Morgan fingerprint density at radius 2 is 1.67 bits per heavy atom. The van der Waals surface area contributed by atoms with Crippen molar-refractivity contribution >= 4 is 17.6 Å². The second-order valence-corrected chi connectivity index (χ2v) is 6.65. The van der Waals surface area contributed by atoms with Crippen LogP contribution in [0, 0.1) is 12.8 Å². The van der Waals surface area contributed by atoms with Crippen LogP contribution in [0.2, 0.25) is 0 Å². The molecule has 2 rings (SSSR count). The van der Waals surface area contributed by atoms with E-state index in [1.165, 1.54) is 35.3 Å². The van der Waals surface area contributed by atoms with Crippen LogP contribution in [0.15, 0.2) is 53.4 Å². The number of rotatable bonds is 7. The highest BCUT2D eigenvalue weighted by Crippen LogP contribution is 2.22. The van der Waals surface area contributed by atoms with Gasteiger partial charge in [0.05, 0.1) is 0 Å². The second kappa shape index (κ2) is 8.14. The van der Waals surface area contributed by atoms with Crippen LogP contribution in [0.4, 0.5) is 5.69 Å². The molecule has 2 heteroatoms. The molecule has 0 saturated heterocycles. The van der Waals surface area contributed by atoms with Crippen LogP contribution in [0.5, 0.6) is 0 Å². The summed E-state index contributed by atoms with van der Waals surface area (Å²) in [4.78, 5) is 1.24. The molecule has 112 valence electrons. The SMILES string of the molecule is CCC(C)CCc1ccc(NSc2ccc(C)cc2)cc1. The highest BCUT2D eigenvalue weighted by Gasteiger charge is 2.01. The normalized spacial score (nSPS) is 12.1. The first-order valence-electron chi connectivity index (χ1n) is 7.76. The Balaban J connectivity index is 1.83. The Labute approximate surface area is 133 Å². The largest absolute Gasteiger partial charge is 0.326 e. The zero-order valence-corrected chi connectivity index (χ0v) is 14.0. The van der Waals surface area contributed by atoms with Gasteiger partial charge in [0.25, 0.3) is 0 Å². The highest BCUT2D eigenvalue weighted by atomic mass is 32.2. The van der Waals surface area contributed by atoms with Gasteiger partial charge >= 0.3 is 0 Å². The summed E-state index contributed by atoms with van der Waals surface area (Å²) in [5, 5.41) is 0. The number of hydrogen-bond donors (Lipinski definition) is 1. The molecule has 1 N–H and O–H groups in total. The van der Waals surface area contributed by atoms with Gasteiger partial charge in [0.2, 0.25) is 0 Å². The molecular weight excluding hydrogens is 274 g/mol. The van der Waals surface area contributed by atoms with Crippen molar-refractivity contribution in [2.45, 2.75) is 44.9 Å². The molecular formula is C19H25NS. The van der Waals surface area contributed by atoms with Crippen LogP contribution in [-0.4, -0.2) is 0 Å². The predicted molar refractivity (Wildman–Crippen MR) is 94.9 cm³/mol. The van der Waals surface area contributed by atoms with E-state index >= 15 is 0 Å². The maximum Gasteiger partial charge on any atom is 0.0443 e. The fraction of sp³-hybridized carbons (Fsp3) is 0.368. The smallest absolute Gasteiger partial charge is 0.0443 e. The maximum absolute atomic E-state index is 3.40. The van der Waals surface area contributed by atoms with Gasteiger partial charge in [-0.15, -0.1) is 0 Å². The number of benzene rings is 2. The van der Waals surface area contributed by atoms with Gasteiger partial charge < -0.3 is 4.72 Å². The van der Waals surface area contributed by atoms with Crippen molar-refractivity contribution in [2.24, 2.45) is 5.92 Å². The van der Waals surface area contributed by atoms with Crippen LogP contribution < -0.4 is 4.72 Å². The summed E-state index contributed by atoms with van der Waals surface area (Å²) in [7, 11) is 0. The standard InChI is InChI=1S/C19H25NS/c1-4-15(2)5-8-17-9-11-18(12-10-17)20-21-19-13-6-16(3)7-14-19/h6-7,9-15,20H,4-5,8H2,1-3H3. The number of nitrogens with one attached hydrogen (secondary N) is 1. The Morgan fingerprint density at radius 3 is 2.29 bits per heavy atom. The predicted octanol–water partition coefficient (Wildman–Crippen LogP) is 6.09. The average Bonchev–Trinajstić information content (AvgIpc) is 2.53. The van der Waals surface area contributed by atoms with E-state index in [-0.39, 0.29) is 0 Å². The molecule has 1 atom stereocenters. The summed E-state index contributed by atoms with van der Waals surface area (Å²) >= 11 is 1.66. The van der Waals surface area contributed by atoms with Gasteiger partial charge in [-0.1, -0.05) is 50.1 Å². The molecule has 0 fully saturated rings. The van der Waals surface area contributed by atoms with E-state index < -0.39 is 0 Å². The molecule has 21 heavy (non-hydrogen) atoms. The van der Waals surface area contributed by atoms with Crippen molar-refractivity contribution in [2.75, 3.05) is 4.72 Å². The summed E-state index contributed by atoms with van der Waals surface area (Å²) < 4.78 is 3.40. The van der Waals surface area contributed by atoms with E-state index in [4.69, 9.17) is 0 Å². The quantitative estimate of drug-likeness (QED) is 0.621. The molecule has 0 spiro atoms. The van der Waals surface area contributed by atoms with E-state index in [0.29, 0.717) is 0 Å². The molecule has 2 aromatic carbocycles. The summed E-state index contributed by atoms with van der Waals surface area (Å²) in [5.41, 5.74) is 3.89. The number of anilines is 1. The van der Waals surface area contributed by atoms with Crippen molar-refractivity contribution in [3.63, 3.8) is 0 Å². The van der Waals surface area contributed by atoms with Gasteiger partial charge in [0, 0.05) is 10.6 Å². The summed E-state index contributed by atoms with van der Waals surface area (Å²) in [6, 6.07) is 17.4. The van der Waals surface area contributed by atoms with Crippen LogP contribution in [0.3, 0.4) is 0 Å². The topological polar surface area (TPSA) is 12.0 Å². The molecule has 0 heterocycles. The zero-order valence-electron chi connectivity index (χ0n) is 13.2. The molecule has 1 unspecified atom stereocenters. The molecule has 0 saturated carbocycles. The van der Waals surface area contributed by atoms with Crippen LogP contribution >= 0.6 is 11.9 Å². The molecule has 0 aliphatic carbocycles. The number of aryl methyl sites for hydroxylation is 2. The van der Waals surface area contributed by atoms with Gasteiger partial charge in [-0.3, -0.25) is 0 Å².